The van der Waals surface area contributed by atoms with Crippen molar-refractivity contribution in [2.45, 2.75) is 18.6 Å². The Hall–Kier alpha value is -1.88. The number of nitrogens with zero attached hydrogens (tertiary/aromatic N) is 1. The number of hydrogen-bond donors (Lipinski definition) is 0. The highest BCUT2D eigenvalue weighted by molar-refractivity contribution is 7.98. The van der Waals surface area contributed by atoms with Gasteiger partial charge in [-0.1, -0.05) is 30.3 Å². The molecular weight excluding hydrogens is 316 g/mol. The molecule has 120 valence electrons. The van der Waals surface area contributed by atoms with E-state index < -0.39 is 11.6 Å². The van der Waals surface area contributed by atoms with E-state index in [4.69, 9.17) is 0 Å². The van der Waals surface area contributed by atoms with Gasteiger partial charge in [-0.05, 0) is 24.1 Å². The van der Waals surface area contributed by atoms with Crippen LogP contribution in [0.15, 0.2) is 42.5 Å². The smallest absolute Gasteiger partial charge is 0.227 e. The summed E-state index contributed by atoms with van der Waals surface area (Å²) in [6, 6.07) is 12.1. The molecule has 0 atom stereocenters. The lowest BCUT2D eigenvalue weighted by Crippen LogP contribution is -2.29. The molecule has 0 radical (unpaired) electrons. The summed E-state index contributed by atoms with van der Waals surface area (Å²) in [5.41, 5.74) is 2.54. The normalized spacial score (nSPS) is 13.2. The van der Waals surface area contributed by atoms with Crippen molar-refractivity contribution in [3.63, 3.8) is 0 Å². The van der Waals surface area contributed by atoms with Gasteiger partial charge < -0.3 is 4.90 Å². The molecule has 2 aromatic rings. The van der Waals surface area contributed by atoms with Gasteiger partial charge in [0.1, 0.15) is 0 Å². The Kier molecular flexibility index (Phi) is 4.96. The molecular formula is C18H17F2NOS. The third kappa shape index (κ3) is 3.55. The van der Waals surface area contributed by atoms with Crippen LogP contribution in [0.25, 0.3) is 0 Å². The lowest BCUT2D eigenvalue weighted by molar-refractivity contribution is -0.118. The number of anilines is 1. The quantitative estimate of drug-likeness (QED) is 0.765. The van der Waals surface area contributed by atoms with Gasteiger partial charge in [0.15, 0.2) is 11.6 Å². The van der Waals surface area contributed by atoms with Crippen molar-refractivity contribution in [1.82, 2.24) is 0 Å². The van der Waals surface area contributed by atoms with Crippen molar-refractivity contribution >= 4 is 23.4 Å². The van der Waals surface area contributed by atoms with Gasteiger partial charge in [0.2, 0.25) is 5.91 Å². The largest absolute Gasteiger partial charge is 0.312 e. The number of thioether (sulfide) groups is 1. The van der Waals surface area contributed by atoms with Crippen LogP contribution < -0.4 is 4.90 Å². The van der Waals surface area contributed by atoms with E-state index in [9.17, 15) is 13.6 Å². The molecule has 2 aromatic carbocycles. The average Bonchev–Trinajstić information content (AvgIpc) is 2.99. The molecule has 0 bridgehead atoms. The summed E-state index contributed by atoms with van der Waals surface area (Å²) in [6.45, 7) is 0.724. The molecule has 0 N–H and O–H groups in total. The predicted octanol–water partition coefficient (Wildman–Crippen LogP) is 4.18. The van der Waals surface area contributed by atoms with E-state index in [0.717, 1.165) is 24.7 Å². The maximum atomic E-state index is 13.5. The first kappa shape index (κ1) is 16.0. The van der Waals surface area contributed by atoms with Crippen LogP contribution in [0.1, 0.15) is 17.5 Å². The fourth-order valence-corrected chi connectivity index (χ4v) is 3.64. The number of fused-ring (bicyclic) bond motifs is 1. The summed E-state index contributed by atoms with van der Waals surface area (Å²) in [5, 5.41) is 0. The number of hydrogen-bond acceptors (Lipinski definition) is 2. The second-order valence-electron chi connectivity index (χ2n) is 5.44. The first-order chi connectivity index (χ1) is 11.2. The SMILES string of the molecule is O=C(CCSCc1cccc(F)c1F)N1CCc2ccccc21. The van der Waals surface area contributed by atoms with E-state index in [1.54, 1.807) is 6.07 Å². The maximum Gasteiger partial charge on any atom is 0.227 e. The summed E-state index contributed by atoms with van der Waals surface area (Å²) >= 11 is 1.44. The van der Waals surface area contributed by atoms with E-state index in [2.05, 4.69) is 0 Å². The molecule has 0 saturated heterocycles. The van der Waals surface area contributed by atoms with Gasteiger partial charge >= 0.3 is 0 Å². The molecule has 0 fully saturated rings. The van der Waals surface area contributed by atoms with Crippen molar-refractivity contribution in [2.75, 3.05) is 17.2 Å². The summed E-state index contributed by atoms with van der Waals surface area (Å²) < 4.78 is 26.7. The second kappa shape index (κ2) is 7.13. The Morgan fingerprint density at radius 2 is 1.96 bits per heavy atom. The van der Waals surface area contributed by atoms with Crippen LogP contribution in [0.2, 0.25) is 0 Å². The Balaban J connectivity index is 1.50. The monoisotopic (exact) mass is 333 g/mol. The summed E-state index contributed by atoms with van der Waals surface area (Å²) in [7, 11) is 0. The molecule has 3 rings (SSSR count). The number of halogens is 2. The van der Waals surface area contributed by atoms with Crippen LogP contribution in [0.3, 0.4) is 0 Å². The lowest BCUT2D eigenvalue weighted by Gasteiger charge is -2.17. The fourth-order valence-electron chi connectivity index (χ4n) is 2.73. The van der Waals surface area contributed by atoms with E-state index in [-0.39, 0.29) is 5.91 Å². The lowest BCUT2D eigenvalue weighted by atomic mass is 10.2. The third-order valence-corrected chi connectivity index (χ3v) is 4.95. The number of benzene rings is 2. The Morgan fingerprint density at radius 3 is 2.83 bits per heavy atom. The van der Waals surface area contributed by atoms with Crippen molar-refractivity contribution in [3.05, 3.63) is 65.2 Å². The molecule has 23 heavy (non-hydrogen) atoms. The average molecular weight is 333 g/mol. The summed E-state index contributed by atoms with van der Waals surface area (Å²) in [5.74, 6) is -0.573. The zero-order chi connectivity index (χ0) is 16.2. The van der Waals surface area contributed by atoms with Crippen molar-refractivity contribution < 1.29 is 13.6 Å². The van der Waals surface area contributed by atoms with Crippen molar-refractivity contribution in [3.8, 4) is 0 Å². The van der Waals surface area contributed by atoms with Crippen LogP contribution in [0.4, 0.5) is 14.5 Å². The van der Waals surface area contributed by atoms with Gasteiger partial charge in [0.05, 0.1) is 0 Å². The number of rotatable bonds is 5. The highest BCUT2D eigenvalue weighted by Gasteiger charge is 2.23. The molecule has 0 unspecified atom stereocenters. The highest BCUT2D eigenvalue weighted by atomic mass is 32.2. The molecule has 0 saturated carbocycles. The number of amides is 1. The second-order valence-corrected chi connectivity index (χ2v) is 6.54. The Morgan fingerprint density at radius 1 is 1.13 bits per heavy atom. The minimum Gasteiger partial charge on any atom is -0.312 e. The topological polar surface area (TPSA) is 20.3 Å². The summed E-state index contributed by atoms with van der Waals surface area (Å²) in [6.07, 6.45) is 1.29. The molecule has 0 aliphatic carbocycles. The zero-order valence-corrected chi connectivity index (χ0v) is 13.4. The van der Waals surface area contributed by atoms with Gasteiger partial charge in [0.25, 0.3) is 0 Å². The van der Waals surface area contributed by atoms with Crippen LogP contribution in [0.5, 0.6) is 0 Å². The minimum absolute atomic E-state index is 0.0853. The van der Waals surface area contributed by atoms with E-state index in [1.807, 2.05) is 29.2 Å². The molecule has 1 aliphatic heterocycles. The molecule has 0 spiro atoms. The molecule has 1 heterocycles. The fraction of sp³-hybridized carbons (Fsp3) is 0.278. The standard InChI is InChI=1S/C18H17F2NOS/c19-15-6-3-5-14(18(15)20)12-23-11-9-17(22)21-10-8-13-4-1-2-7-16(13)21/h1-7H,8-12H2. The molecule has 0 aromatic heterocycles. The van der Waals surface area contributed by atoms with E-state index in [0.29, 0.717) is 23.5 Å². The predicted molar refractivity (Wildman–Crippen MR) is 89.6 cm³/mol. The Bertz CT molecular complexity index is 720. The zero-order valence-electron chi connectivity index (χ0n) is 12.6. The third-order valence-electron chi connectivity index (χ3n) is 3.94. The first-order valence-electron chi connectivity index (χ1n) is 7.55. The van der Waals surface area contributed by atoms with Crippen LogP contribution in [0, 0.1) is 11.6 Å². The molecule has 2 nitrogen and oxygen atoms in total. The number of para-hydroxylation sites is 1. The first-order valence-corrected chi connectivity index (χ1v) is 8.71. The number of carbonyl (C=O) groups excluding carboxylic acids is 1. The van der Waals surface area contributed by atoms with Gasteiger partial charge in [-0.2, -0.15) is 11.8 Å². The van der Waals surface area contributed by atoms with Crippen LogP contribution in [-0.2, 0) is 17.0 Å². The maximum absolute atomic E-state index is 13.5. The van der Waals surface area contributed by atoms with Crippen molar-refractivity contribution in [2.24, 2.45) is 0 Å². The van der Waals surface area contributed by atoms with Gasteiger partial charge in [-0.3, -0.25) is 4.79 Å². The minimum atomic E-state index is -0.826. The van der Waals surface area contributed by atoms with Crippen molar-refractivity contribution in [1.29, 1.82) is 0 Å². The van der Waals surface area contributed by atoms with Gasteiger partial charge in [0, 0.05) is 35.7 Å². The van der Waals surface area contributed by atoms with Crippen LogP contribution >= 0.6 is 11.8 Å². The van der Waals surface area contributed by atoms with Gasteiger partial charge in [-0.25, -0.2) is 8.78 Å². The van der Waals surface area contributed by atoms with Gasteiger partial charge in [-0.15, -0.1) is 0 Å². The van der Waals surface area contributed by atoms with Crippen LogP contribution in [-0.4, -0.2) is 18.2 Å². The Labute approximate surface area is 138 Å². The highest BCUT2D eigenvalue weighted by Crippen LogP contribution is 2.28. The van der Waals surface area contributed by atoms with E-state index >= 15 is 0 Å². The molecule has 1 amide bonds. The summed E-state index contributed by atoms with van der Waals surface area (Å²) in [4.78, 5) is 14.1. The molecule has 1 aliphatic rings. The molecule has 5 heteroatoms. The number of carbonyl (C=O) groups is 1. The van der Waals surface area contributed by atoms with E-state index in [1.165, 1.54) is 23.4 Å².